The quantitative estimate of drug-likeness (QED) is 0.558. The smallest absolute Gasteiger partial charge is 0.305 e. The Balaban J connectivity index is 2.41. The molecule has 1 aromatic heterocycles. The van der Waals surface area contributed by atoms with Crippen LogP contribution in [0.3, 0.4) is 0 Å². The minimum atomic E-state index is -0.825. The fraction of sp³-hybridized carbons (Fsp3) is 0.500. The number of nitro groups is 1. The molecule has 8 nitrogen and oxygen atoms in total. The summed E-state index contributed by atoms with van der Waals surface area (Å²) in [6.45, 7) is 1.87. The Morgan fingerprint density at radius 1 is 1.56 bits per heavy atom. The standard InChI is InChI=1S/C10H14N4O4/c1-7(3-2-4-9(15)16)13-10-11-5-8(6-12-10)14(17)18/h5-7H,2-4H2,1H3,(H,15,16)(H,11,12,13). The van der Waals surface area contributed by atoms with Gasteiger partial charge in [0.15, 0.2) is 0 Å². The summed E-state index contributed by atoms with van der Waals surface area (Å²) in [5, 5.41) is 21.8. The molecule has 1 atom stereocenters. The van der Waals surface area contributed by atoms with Crippen LogP contribution in [0.5, 0.6) is 0 Å². The van der Waals surface area contributed by atoms with Crippen molar-refractivity contribution in [2.24, 2.45) is 0 Å². The fourth-order valence-electron chi connectivity index (χ4n) is 1.34. The van der Waals surface area contributed by atoms with E-state index in [4.69, 9.17) is 5.11 Å². The van der Waals surface area contributed by atoms with Crippen LogP contribution in [0.15, 0.2) is 12.4 Å². The van der Waals surface area contributed by atoms with Gasteiger partial charge in [-0.15, -0.1) is 0 Å². The second kappa shape index (κ2) is 6.48. The number of aromatic nitrogens is 2. The molecule has 0 aliphatic heterocycles. The molecule has 0 aromatic carbocycles. The Bertz CT molecular complexity index is 420. The first-order chi connectivity index (χ1) is 8.49. The van der Waals surface area contributed by atoms with Gasteiger partial charge in [0.25, 0.3) is 0 Å². The highest BCUT2D eigenvalue weighted by molar-refractivity contribution is 5.66. The van der Waals surface area contributed by atoms with E-state index in [0.29, 0.717) is 18.8 Å². The Labute approximate surface area is 103 Å². The van der Waals surface area contributed by atoms with Crippen molar-refractivity contribution in [3.8, 4) is 0 Å². The molecule has 0 radical (unpaired) electrons. The highest BCUT2D eigenvalue weighted by Gasteiger charge is 2.09. The number of carboxylic acids is 1. The van der Waals surface area contributed by atoms with Crippen LogP contribution in [0, 0.1) is 10.1 Å². The van der Waals surface area contributed by atoms with E-state index >= 15 is 0 Å². The van der Waals surface area contributed by atoms with Gasteiger partial charge < -0.3 is 10.4 Å². The average molecular weight is 254 g/mol. The van der Waals surface area contributed by atoms with Crippen LogP contribution in [-0.4, -0.2) is 32.0 Å². The van der Waals surface area contributed by atoms with Crippen LogP contribution in [-0.2, 0) is 4.79 Å². The summed E-state index contributed by atoms with van der Waals surface area (Å²) in [5.41, 5.74) is -0.168. The summed E-state index contributed by atoms with van der Waals surface area (Å²) >= 11 is 0. The van der Waals surface area contributed by atoms with Crippen LogP contribution >= 0.6 is 0 Å². The second-order valence-electron chi connectivity index (χ2n) is 3.85. The van der Waals surface area contributed by atoms with E-state index in [1.54, 1.807) is 0 Å². The number of nitrogens with zero attached hydrogens (tertiary/aromatic N) is 3. The highest BCUT2D eigenvalue weighted by Crippen LogP contribution is 2.10. The highest BCUT2D eigenvalue weighted by atomic mass is 16.6. The summed E-state index contributed by atoms with van der Waals surface area (Å²) in [4.78, 5) is 27.8. The van der Waals surface area contributed by atoms with Gasteiger partial charge in [-0.3, -0.25) is 14.9 Å². The number of hydrogen-bond donors (Lipinski definition) is 2. The third-order valence-corrected chi connectivity index (χ3v) is 2.25. The minimum absolute atomic E-state index is 0.00538. The molecule has 0 saturated carbocycles. The maximum atomic E-state index is 10.4. The maximum absolute atomic E-state index is 10.4. The summed E-state index contributed by atoms with van der Waals surface area (Å²) < 4.78 is 0. The van der Waals surface area contributed by atoms with Gasteiger partial charge in [-0.25, -0.2) is 9.97 Å². The van der Waals surface area contributed by atoms with Crippen molar-refractivity contribution in [2.75, 3.05) is 5.32 Å². The molecule has 0 amide bonds. The normalized spacial score (nSPS) is 11.8. The number of nitrogens with one attached hydrogen (secondary N) is 1. The third-order valence-electron chi connectivity index (χ3n) is 2.25. The molecule has 0 fully saturated rings. The van der Waals surface area contributed by atoms with Crippen molar-refractivity contribution in [1.82, 2.24) is 9.97 Å². The summed E-state index contributed by atoms with van der Waals surface area (Å²) in [6, 6.07) is 0.00538. The molecule has 2 N–H and O–H groups in total. The summed E-state index contributed by atoms with van der Waals surface area (Å²) in [7, 11) is 0. The zero-order valence-corrected chi connectivity index (χ0v) is 9.87. The van der Waals surface area contributed by atoms with E-state index in [9.17, 15) is 14.9 Å². The van der Waals surface area contributed by atoms with Crippen LogP contribution < -0.4 is 5.32 Å². The van der Waals surface area contributed by atoms with E-state index in [1.165, 1.54) is 0 Å². The molecule has 0 aliphatic carbocycles. The van der Waals surface area contributed by atoms with Crippen molar-refractivity contribution >= 4 is 17.6 Å². The lowest BCUT2D eigenvalue weighted by Crippen LogP contribution is -2.17. The van der Waals surface area contributed by atoms with Crippen molar-refractivity contribution in [1.29, 1.82) is 0 Å². The van der Waals surface area contributed by atoms with Gasteiger partial charge in [0, 0.05) is 12.5 Å². The lowest BCUT2D eigenvalue weighted by molar-refractivity contribution is -0.385. The molecule has 8 heteroatoms. The third kappa shape index (κ3) is 4.73. The van der Waals surface area contributed by atoms with Gasteiger partial charge in [-0.05, 0) is 19.8 Å². The van der Waals surface area contributed by atoms with Crippen LogP contribution in [0.1, 0.15) is 26.2 Å². The van der Waals surface area contributed by atoms with E-state index in [0.717, 1.165) is 12.4 Å². The second-order valence-corrected chi connectivity index (χ2v) is 3.85. The average Bonchev–Trinajstić information content (AvgIpc) is 2.29. The van der Waals surface area contributed by atoms with Gasteiger partial charge in [0.1, 0.15) is 12.4 Å². The summed E-state index contributed by atoms with van der Waals surface area (Å²) in [6.07, 6.45) is 3.58. The van der Waals surface area contributed by atoms with E-state index in [-0.39, 0.29) is 18.2 Å². The van der Waals surface area contributed by atoms with Gasteiger partial charge in [0.2, 0.25) is 5.95 Å². The minimum Gasteiger partial charge on any atom is -0.481 e. The predicted octanol–water partition coefficient (Wildman–Crippen LogP) is 1.44. The molecule has 1 aromatic rings. The number of hydrogen-bond acceptors (Lipinski definition) is 6. The van der Waals surface area contributed by atoms with Crippen molar-refractivity contribution in [3.63, 3.8) is 0 Å². The Kier molecular flexibility index (Phi) is 4.97. The zero-order valence-electron chi connectivity index (χ0n) is 9.87. The van der Waals surface area contributed by atoms with E-state index < -0.39 is 10.9 Å². The fourth-order valence-corrected chi connectivity index (χ4v) is 1.34. The Morgan fingerprint density at radius 2 is 2.17 bits per heavy atom. The molecular formula is C10H14N4O4. The lowest BCUT2D eigenvalue weighted by atomic mass is 10.1. The lowest BCUT2D eigenvalue weighted by Gasteiger charge is -2.12. The molecule has 0 spiro atoms. The molecule has 0 saturated heterocycles. The van der Waals surface area contributed by atoms with Gasteiger partial charge >= 0.3 is 11.7 Å². The SMILES string of the molecule is CC(CCCC(=O)O)Nc1ncc([N+](=O)[O-])cn1. The summed E-state index contributed by atoms with van der Waals surface area (Å²) in [5.74, 6) is -0.530. The molecule has 1 rings (SSSR count). The van der Waals surface area contributed by atoms with Crippen molar-refractivity contribution in [2.45, 2.75) is 32.2 Å². The molecule has 0 aliphatic rings. The number of aliphatic carboxylic acids is 1. The largest absolute Gasteiger partial charge is 0.481 e. The Hall–Kier alpha value is -2.25. The van der Waals surface area contributed by atoms with Crippen molar-refractivity contribution in [3.05, 3.63) is 22.5 Å². The number of carboxylic acid groups (broad SMARTS) is 1. The first kappa shape index (κ1) is 13.8. The number of carbonyl (C=O) groups is 1. The van der Waals surface area contributed by atoms with Crippen LogP contribution in [0.4, 0.5) is 11.6 Å². The first-order valence-electron chi connectivity index (χ1n) is 5.44. The number of anilines is 1. The molecular weight excluding hydrogens is 240 g/mol. The van der Waals surface area contributed by atoms with Gasteiger partial charge in [-0.2, -0.15) is 0 Å². The molecule has 98 valence electrons. The first-order valence-corrected chi connectivity index (χ1v) is 5.44. The molecule has 1 heterocycles. The van der Waals surface area contributed by atoms with Crippen molar-refractivity contribution < 1.29 is 14.8 Å². The predicted molar refractivity (Wildman–Crippen MR) is 63.3 cm³/mol. The number of rotatable bonds is 7. The maximum Gasteiger partial charge on any atom is 0.305 e. The monoisotopic (exact) mass is 254 g/mol. The van der Waals surface area contributed by atoms with Crippen LogP contribution in [0.2, 0.25) is 0 Å². The zero-order chi connectivity index (χ0) is 13.5. The van der Waals surface area contributed by atoms with Crippen LogP contribution in [0.25, 0.3) is 0 Å². The molecule has 18 heavy (non-hydrogen) atoms. The van der Waals surface area contributed by atoms with E-state index in [2.05, 4.69) is 15.3 Å². The topological polar surface area (TPSA) is 118 Å². The van der Waals surface area contributed by atoms with Gasteiger partial charge in [-0.1, -0.05) is 0 Å². The van der Waals surface area contributed by atoms with E-state index in [1.807, 2.05) is 6.92 Å². The molecule has 1 unspecified atom stereocenters. The van der Waals surface area contributed by atoms with Gasteiger partial charge in [0.05, 0.1) is 4.92 Å². The Morgan fingerprint density at radius 3 is 2.67 bits per heavy atom. The molecule has 0 bridgehead atoms.